The minimum atomic E-state index is 0.277. The summed E-state index contributed by atoms with van der Waals surface area (Å²) in [6.07, 6.45) is 10.3. The van der Waals surface area contributed by atoms with E-state index in [0.29, 0.717) is 16.0 Å². The molecule has 4 rings (SSSR count). The van der Waals surface area contributed by atoms with E-state index in [9.17, 15) is 4.79 Å². The highest BCUT2D eigenvalue weighted by Crippen LogP contribution is 2.66. The molecule has 0 bridgehead atoms. The van der Waals surface area contributed by atoms with Gasteiger partial charge in [-0.25, -0.2) is 0 Å². The number of carbonyl (C=O) groups is 1. The van der Waals surface area contributed by atoms with Crippen molar-refractivity contribution in [2.75, 3.05) is 0 Å². The van der Waals surface area contributed by atoms with Gasteiger partial charge in [0.05, 0.1) is 0 Å². The van der Waals surface area contributed by atoms with E-state index in [0.717, 1.165) is 36.2 Å². The maximum Gasteiger partial charge on any atom is 0.158 e. The highest BCUT2D eigenvalue weighted by Gasteiger charge is 2.58. The maximum absolute atomic E-state index is 12.3. The normalized spacial score (nSPS) is 51.4. The van der Waals surface area contributed by atoms with Gasteiger partial charge in [0.1, 0.15) is 0 Å². The largest absolute Gasteiger partial charge is 0.295 e. The highest BCUT2D eigenvalue weighted by atomic mass is 79.9. The van der Waals surface area contributed by atoms with Crippen LogP contribution in [0.3, 0.4) is 0 Å². The Morgan fingerprint density at radius 1 is 1.09 bits per heavy atom. The predicted molar refractivity (Wildman–Crippen MR) is 94.0 cm³/mol. The van der Waals surface area contributed by atoms with Gasteiger partial charge in [0.25, 0.3) is 0 Å². The summed E-state index contributed by atoms with van der Waals surface area (Å²) in [6.45, 7) is 7.14. The Morgan fingerprint density at radius 2 is 1.86 bits per heavy atom. The molecule has 22 heavy (non-hydrogen) atoms. The Morgan fingerprint density at radius 3 is 2.64 bits per heavy atom. The SMILES string of the molecule is CC1=C2C(Br)C[C@@H]3[C@@H](CC[C@]4(C)CCC[C@@H]34)[C@@]2(C)CCC1=O. The van der Waals surface area contributed by atoms with Crippen molar-refractivity contribution >= 4 is 21.7 Å². The maximum atomic E-state index is 12.3. The Hall–Kier alpha value is -0.110. The number of alkyl halides is 1. The monoisotopic (exact) mass is 364 g/mol. The van der Waals surface area contributed by atoms with Crippen LogP contribution in [0.2, 0.25) is 0 Å². The van der Waals surface area contributed by atoms with E-state index in [1.807, 2.05) is 0 Å². The zero-order chi connectivity index (χ0) is 15.7. The summed E-state index contributed by atoms with van der Waals surface area (Å²) in [5.74, 6) is 3.02. The molecule has 1 unspecified atom stereocenters. The van der Waals surface area contributed by atoms with E-state index in [1.54, 1.807) is 0 Å². The smallest absolute Gasteiger partial charge is 0.158 e. The van der Waals surface area contributed by atoms with Gasteiger partial charge in [-0.1, -0.05) is 36.2 Å². The lowest BCUT2D eigenvalue weighted by Crippen LogP contribution is -2.52. The molecule has 6 atom stereocenters. The van der Waals surface area contributed by atoms with Gasteiger partial charge < -0.3 is 0 Å². The van der Waals surface area contributed by atoms with Crippen LogP contribution in [0.15, 0.2) is 11.1 Å². The first kappa shape index (κ1) is 15.4. The van der Waals surface area contributed by atoms with Crippen molar-refractivity contribution in [3.8, 4) is 0 Å². The average molecular weight is 365 g/mol. The number of rotatable bonds is 0. The Balaban J connectivity index is 1.77. The Kier molecular flexibility index (Phi) is 3.46. The van der Waals surface area contributed by atoms with E-state index in [2.05, 4.69) is 36.7 Å². The van der Waals surface area contributed by atoms with E-state index in [1.165, 1.54) is 44.1 Å². The second-order valence-corrected chi connectivity index (χ2v) is 10.1. The van der Waals surface area contributed by atoms with Crippen LogP contribution >= 0.6 is 15.9 Å². The molecule has 4 aliphatic carbocycles. The quantitative estimate of drug-likeness (QED) is 0.505. The summed E-state index contributed by atoms with van der Waals surface area (Å²) >= 11 is 4.00. The summed E-state index contributed by atoms with van der Waals surface area (Å²) in [7, 11) is 0. The van der Waals surface area contributed by atoms with Crippen molar-refractivity contribution in [1.29, 1.82) is 0 Å². The van der Waals surface area contributed by atoms with Crippen molar-refractivity contribution in [2.45, 2.75) is 77.0 Å². The summed E-state index contributed by atoms with van der Waals surface area (Å²) in [5.41, 5.74) is 3.46. The van der Waals surface area contributed by atoms with Crippen molar-refractivity contribution in [2.24, 2.45) is 28.6 Å². The Bertz CT molecular complexity index is 550. The fourth-order valence-electron chi connectivity index (χ4n) is 7.01. The van der Waals surface area contributed by atoms with E-state index in [-0.39, 0.29) is 5.41 Å². The number of fused-ring (bicyclic) bond motifs is 5. The molecule has 0 aromatic rings. The predicted octanol–water partition coefficient (Wildman–Crippen LogP) is 5.67. The molecular formula is C20H29BrO. The molecule has 2 heteroatoms. The molecule has 0 aromatic carbocycles. The first-order chi connectivity index (χ1) is 10.4. The first-order valence-electron chi connectivity index (χ1n) is 9.25. The molecule has 4 aliphatic rings. The number of carbonyl (C=O) groups excluding carboxylic acids is 1. The number of hydrogen-bond acceptors (Lipinski definition) is 1. The van der Waals surface area contributed by atoms with Gasteiger partial charge >= 0.3 is 0 Å². The molecule has 0 saturated heterocycles. The van der Waals surface area contributed by atoms with Crippen LogP contribution in [0, 0.1) is 28.6 Å². The van der Waals surface area contributed by atoms with Crippen LogP contribution in [0.5, 0.6) is 0 Å². The molecule has 0 heterocycles. The second-order valence-electron chi connectivity index (χ2n) is 9.04. The standard InChI is InChI=1S/C20H29BrO/c1-12-17(22)7-10-20(3)15-6-9-19(2)8-4-5-14(19)13(15)11-16(21)18(12)20/h13-16H,4-11H2,1-3H3/t13-,14-,15+,16?,19-,20+/m0/s1. The number of allylic oxidation sites excluding steroid dienone is 1. The summed E-state index contributed by atoms with van der Waals surface area (Å²) in [5, 5.41) is 0. The number of Topliss-reactive ketones (excluding diaryl/α,β-unsaturated/α-hetero) is 1. The summed E-state index contributed by atoms with van der Waals surface area (Å²) < 4.78 is 0. The molecule has 1 nitrogen and oxygen atoms in total. The molecule has 0 aromatic heterocycles. The summed E-state index contributed by atoms with van der Waals surface area (Å²) in [4.78, 5) is 12.7. The van der Waals surface area contributed by atoms with Crippen molar-refractivity contribution in [3.63, 3.8) is 0 Å². The van der Waals surface area contributed by atoms with Gasteiger partial charge in [-0.05, 0) is 85.2 Å². The van der Waals surface area contributed by atoms with Gasteiger partial charge in [0.2, 0.25) is 0 Å². The average Bonchev–Trinajstić information content (AvgIpc) is 2.85. The Labute approximate surface area is 143 Å². The lowest BCUT2D eigenvalue weighted by molar-refractivity contribution is -0.118. The number of ketones is 1. The third-order valence-corrected chi connectivity index (χ3v) is 8.97. The van der Waals surface area contributed by atoms with Crippen LogP contribution in [-0.2, 0) is 4.79 Å². The molecule has 0 amide bonds. The molecule has 3 saturated carbocycles. The van der Waals surface area contributed by atoms with Crippen molar-refractivity contribution in [3.05, 3.63) is 11.1 Å². The van der Waals surface area contributed by atoms with E-state index < -0.39 is 0 Å². The lowest BCUT2D eigenvalue weighted by Gasteiger charge is -2.59. The third kappa shape index (κ3) is 1.91. The molecular weight excluding hydrogens is 336 g/mol. The van der Waals surface area contributed by atoms with Crippen LogP contribution in [-0.4, -0.2) is 10.6 Å². The van der Waals surface area contributed by atoms with Crippen molar-refractivity contribution in [1.82, 2.24) is 0 Å². The summed E-state index contributed by atoms with van der Waals surface area (Å²) in [6, 6.07) is 0. The van der Waals surface area contributed by atoms with Gasteiger partial charge in [-0.2, -0.15) is 0 Å². The fraction of sp³-hybridized carbons (Fsp3) is 0.850. The van der Waals surface area contributed by atoms with Crippen molar-refractivity contribution < 1.29 is 4.79 Å². The van der Waals surface area contributed by atoms with Gasteiger partial charge in [-0.15, -0.1) is 0 Å². The van der Waals surface area contributed by atoms with Crippen LogP contribution in [0.4, 0.5) is 0 Å². The second kappa shape index (κ2) is 4.94. The lowest BCUT2D eigenvalue weighted by atomic mass is 9.47. The van der Waals surface area contributed by atoms with E-state index in [4.69, 9.17) is 0 Å². The third-order valence-electron chi connectivity index (χ3n) is 8.14. The molecule has 3 fully saturated rings. The van der Waals surface area contributed by atoms with Gasteiger partial charge in [0.15, 0.2) is 5.78 Å². The van der Waals surface area contributed by atoms with Crippen LogP contribution < -0.4 is 0 Å². The molecule has 122 valence electrons. The zero-order valence-electron chi connectivity index (χ0n) is 14.3. The highest BCUT2D eigenvalue weighted by molar-refractivity contribution is 9.09. The van der Waals surface area contributed by atoms with Gasteiger partial charge in [0, 0.05) is 11.2 Å². The zero-order valence-corrected chi connectivity index (χ0v) is 15.8. The molecule has 0 aliphatic heterocycles. The molecule has 0 radical (unpaired) electrons. The number of hydrogen-bond donors (Lipinski definition) is 0. The van der Waals surface area contributed by atoms with Crippen LogP contribution in [0.25, 0.3) is 0 Å². The topological polar surface area (TPSA) is 17.1 Å². The van der Waals surface area contributed by atoms with Gasteiger partial charge in [-0.3, -0.25) is 4.79 Å². The molecule has 0 N–H and O–H groups in total. The van der Waals surface area contributed by atoms with E-state index >= 15 is 0 Å². The fourth-order valence-corrected chi connectivity index (χ4v) is 8.31. The minimum Gasteiger partial charge on any atom is -0.295 e. The minimum absolute atomic E-state index is 0.277. The molecule has 0 spiro atoms. The van der Waals surface area contributed by atoms with Crippen LogP contribution in [0.1, 0.15) is 72.1 Å². The number of halogens is 1. The first-order valence-corrected chi connectivity index (χ1v) is 10.2.